The zero-order valence-corrected chi connectivity index (χ0v) is 19.7. The van der Waals surface area contributed by atoms with Gasteiger partial charge in [-0.3, -0.25) is 19.7 Å². The number of alkyl halides is 2. The number of ether oxygens (including phenoxy) is 1. The molecule has 1 aromatic heterocycles. The van der Waals surface area contributed by atoms with Crippen molar-refractivity contribution < 1.29 is 23.4 Å². The van der Waals surface area contributed by atoms with Gasteiger partial charge in [0.1, 0.15) is 18.1 Å². The third kappa shape index (κ3) is 4.74. The highest BCUT2D eigenvalue weighted by Gasteiger charge is 2.53. The van der Waals surface area contributed by atoms with Crippen LogP contribution in [0.15, 0.2) is 83.0 Å². The van der Waals surface area contributed by atoms with E-state index in [9.17, 15) is 8.78 Å². The van der Waals surface area contributed by atoms with Crippen molar-refractivity contribution in [3.05, 3.63) is 84.2 Å². The smallest absolute Gasteiger partial charge is 0.300 e. The number of carbonyl (C=O) groups is 1. The van der Waals surface area contributed by atoms with Gasteiger partial charge in [-0.15, -0.1) is 0 Å². The fourth-order valence-electron chi connectivity index (χ4n) is 4.26. The molecule has 8 nitrogen and oxygen atoms in total. The van der Waals surface area contributed by atoms with Gasteiger partial charge in [0.05, 0.1) is 13.7 Å². The predicted octanol–water partition coefficient (Wildman–Crippen LogP) is 3.77. The van der Waals surface area contributed by atoms with E-state index in [1.165, 1.54) is 4.90 Å². The van der Waals surface area contributed by atoms with Crippen LogP contribution >= 0.6 is 0 Å². The Kier molecular flexibility index (Phi) is 6.69. The van der Waals surface area contributed by atoms with Gasteiger partial charge in [0.15, 0.2) is 11.5 Å². The second-order valence-corrected chi connectivity index (χ2v) is 8.33. The van der Waals surface area contributed by atoms with E-state index in [2.05, 4.69) is 9.98 Å². The number of carboxylic acid groups (broad SMARTS) is 1. The topological polar surface area (TPSA) is 113 Å². The molecule has 0 saturated heterocycles. The number of aliphatic imine (C=N–C) groups is 2. The number of methoxy groups -OCH3 is 1. The lowest BCUT2D eigenvalue weighted by molar-refractivity contribution is -0.134. The zero-order valence-electron chi connectivity index (χ0n) is 19.7. The van der Waals surface area contributed by atoms with Crippen LogP contribution in [0, 0.1) is 0 Å². The van der Waals surface area contributed by atoms with Crippen molar-refractivity contribution in [2.24, 2.45) is 15.7 Å². The highest BCUT2D eigenvalue weighted by molar-refractivity contribution is 6.12. The van der Waals surface area contributed by atoms with E-state index in [-0.39, 0.29) is 5.96 Å². The van der Waals surface area contributed by atoms with Crippen LogP contribution in [0.2, 0.25) is 0 Å². The number of aromatic nitrogens is 1. The van der Waals surface area contributed by atoms with Crippen LogP contribution in [-0.4, -0.2) is 58.9 Å². The first-order chi connectivity index (χ1) is 17.2. The molecule has 0 saturated carbocycles. The van der Waals surface area contributed by atoms with Crippen molar-refractivity contribution in [1.29, 1.82) is 0 Å². The van der Waals surface area contributed by atoms with Crippen LogP contribution in [0.1, 0.15) is 18.1 Å². The van der Waals surface area contributed by atoms with Gasteiger partial charge < -0.3 is 15.6 Å². The highest BCUT2D eigenvalue weighted by atomic mass is 19.3. The molecule has 0 amide bonds. The Morgan fingerprint density at radius 2 is 1.78 bits per heavy atom. The van der Waals surface area contributed by atoms with Gasteiger partial charge >= 0.3 is 0 Å². The van der Waals surface area contributed by atoms with Crippen molar-refractivity contribution in [3.8, 4) is 16.9 Å². The number of benzene rings is 2. The number of hydrogen-bond acceptors (Lipinski definition) is 7. The molecule has 36 heavy (non-hydrogen) atoms. The lowest BCUT2D eigenvalue weighted by Gasteiger charge is -2.35. The number of carboxylic acids is 1. The van der Waals surface area contributed by atoms with Crippen molar-refractivity contribution >= 4 is 17.8 Å². The van der Waals surface area contributed by atoms with E-state index in [1.54, 1.807) is 19.5 Å². The molecule has 2 aromatic carbocycles. The Bertz CT molecular complexity index is 1310. The second kappa shape index (κ2) is 9.73. The van der Waals surface area contributed by atoms with Crippen molar-refractivity contribution in [2.45, 2.75) is 18.4 Å². The minimum Gasteiger partial charge on any atom is -0.497 e. The fourth-order valence-corrected chi connectivity index (χ4v) is 4.26. The lowest BCUT2D eigenvalue weighted by atomic mass is 9.81. The maximum Gasteiger partial charge on any atom is 0.300 e. The molecular formula is C26H25F2N5O3. The first kappa shape index (κ1) is 24.8. The molecule has 3 heterocycles. The standard InChI is InChI=1S/C24H21F2N5O.C2H4O2/c1-32-20-9-7-18(8-10-20)24(21-29-14-23(25,26)15-31(21)22(27)30-24)19-6-2-4-16(12-19)17-5-3-11-28-13-17;1-2(3)4/h2-13H,14-15H2,1H3,(H2,27,30);1H3,(H,3,4). The summed E-state index contributed by atoms with van der Waals surface area (Å²) in [7, 11) is 1.59. The summed E-state index contributed by atoms with van der Waals surface area (Å²) >= 11 is 0. The molecule has 1 atom stereocenters. The van der Waals surface area contributed by atoms with E-state index in [1.807, 2.05) is 60.7 Å². The summed E-state index contributed by atoms with van der Waals surface area (Å²) < 4.78 is 33.6. The number of amidine groups is 1. The molecule has 2 aliphatic heterocycles. The number of guanidine groups is 1. The zero-order chi connectivity index (χ0) is 25.9. The SMILES string of the molecule is CC(=O)O.COc1ccc(C2(c3cccc(-c4cccnc4)c3)N=C(N)N3CC(F)(F)CN=C32)cc1. The lowest BCUT2D eigenvalue weighted by Crippen LogP contribution is -2.53. The van der Waals surface area contributed by atoms with Crippen molar-refractivity contribution in [3.63, 3.8) is 0 Å². The normalized spacial score (nSPS) is 19.8. The Hall–Kier alpha value is -4.34. The number of rotatable bonds is 4. The molecule has 1 unspecified atom stereocenters. The monoisotopic (exact) mass is 493 g/mol. The van der Waals surface area contributed by atoms with Crippen LogP contribution in [0.25, 0.3) is 11.1 Å². The molecule has 186 valence electrons. The molecule has 0 bridgehead atoms. The van der Waals surface area contributed by atoms with Crippen LogP contribution in [0.4, 0.5) is 8.78 Å². The molecule has 10 heteroatoms. The van der Waals surface area contributed by atoms with Crippen LogP contribution in [-0.2, 0) is 10.3 Å². The highest BCUT2D eigenvalue weighted by Crippen LogP contribution is 2.44. The van der Waals surface area contributed by atoms with Gasteiger partial charge in [-0.05, 0) is 46.5 Å². The minimum absolute atomic E-state index is 0.0192. The third-order valence-electron chi connectivity index (χ3n) is 5.77. The Balaban J connectivity index is 0.000000709. The van der Waals surface area contributed by atoms with E-state index in [4.69, 9.17) is 25.4 Å². The molecule has 0 aliphatic carbocycles. The molecular weight excluding hydrogens is 468 g/mol. The van der Waals surface area contributed by atoms with Crippen LogP contribution in [0.5, 0.6) is 5.75 Å². The molecule has 2 aliphatic rings. The average molecular weight is 494 g/mol. The van der Waals surface area contributed by atoms with Crippen LogP contribution < -0.4 is 10.5 Å². The summed E-state index contributed by atoms with van der Waals surface area (Å²) in [6.45, 7) is -0.0802. The summed E-state index contributed by atoms with van der Waals surface area (Å²) in [5.41, 5.74) is 8.44. The summed E-state index contributed by atoms with van der Waals surface area (Å²) in [6, 6.07) is 19.0. The van der Waals surface area contributed by atoms with Crippen molar-refractivity contribution in [1.82, 2.24) is 9.88 Å². The Labute approximate surface area is 206 Å². The number of fused-ring (bicyclic) bond motifs is 1. The first-order valence-corrected chi connectivity index (χ1v) is 11.1. The van der Waals surface area contributed by atoms with Gasteiger partial charge in [-0.25, -0.2) is 13.8 Å². The number of nitrogens with two attached hydrogens (primary N) is 1. The van der Waals surface area contributed by atoms with E-state index in [0.29, 0.717) is 11.6 Å². The van der Waals surface area contributed by atoms with E-state index in [0.717, 1.165) is 29.2 Å². The Morgan fingerprint density at radius 3 is 2.42 bits per heavy atom. The Morgan fingerprint density at radius 1 is 1.08 bits per heavy atom. The molecule has 0 spiro atoms. The predicted molar refractivity (Wildman–Crippen MR) is 132 cm³/mol. The molecule has 3 N–H and O–H groups in total. The van der Waals surface area contributed by atoms with Gasteiger partial charge in [-0.1, -0.05) is 36.4 Å². The molecule has 3 aromatic rings. The number of aliphatic carboxylic acids is 1. The summed E-state index contributed by atoms with van der Waals surface area (Å²) in [4.78, 5) is 23.6. The third-order valence-corrected chi connectivity index (χ3v) is 5.77. The number of hydrogen-bond donors (Lipinski definition) is 2. The second-order valence-electron chi connectivity index (χ2n) is 8.33. The molecule has 5 rings (SSSR count). The van der Waals surface area contributed by atoms with Gasteiger partial charge in [0, 0.05) is 19.3 Å². The molecule has 0 fully saturated rings. The minimum atomic E-state index is -2.98. The van der Waals surface area contributed by atoms with Crippen molar-refractivity contribution in [2.75, 3.05) is 20.2 Å². The van der Waals surface area contributed by atoms with Gasteiger partial charge in [-0.2, -0.15) is 0 Å². The van der Waals surface area contributed by atoms with E-state index >= 15 is 0 Å². The maximum atomic E-state index is 14.2. The van der Waals surface area contributed by atoms with E-state index < -0.39 is 30.5 Å². The number of nitrogens with zero attached hydrogens (tertiary/aromatic N) is 4. The van der Waals surface area contributed by atoms with Gasteiger partial charge in [0.2, 0.25) is 0 Å². The largest absolute Gasteiger partial charge is 0.497 e. The maximum absolute atomic E-state index is 14.2. The quantitative estimate of drug-likeness (QED) is 0.572. The van der Waals surface area contributed by atoms with Crippen LogP contribution in [0.3, 0.4) is 0 Å². The molecule has 0 radical (unpaired) electrons. The number of pyridine rings is 1. The number of halogens is 2. The van der Waals surface area contributed by atoms with Gasteiger partial charge in [0.25, 0.3) is 11.9 Å². The fraction of sp³-hybridized carbons (Fsp3) is 0.231. The average Bonchev–Trinajstić information content (AvgIpc) is 3.16. The summed E-state index contributed by atoms with van der Waals surface area (Å²) in [5, 5.41) is 7.42. The summed E-state index contributed by atoms with van der Waals surface area (Å²) in [6.07, 6.45) is 3.49. The summed E-state index contributed by atoms with van der Waals surface area (Å²) in [5.74, 6) is -2.71. The first-order valence-electron chi connectivity index (χ1n) is 11.1.